The molecule has 0 saturated heterocycles. The first-order valence-corrected chi connectivity index (χ1v) is 21.2. The molecule has 3 rings (SSSR count). The van der Waals surface area contributed by atoms with Gasteiger partial charge in [-0.15, -0.1) is 0 Å². The summed E-state index contributed by atoms with van der Waals surface area (Å²) >= 11 is 0. The Hall–Kier alpha value is -4.43. The van der Waals surface area contributed by atoms with Crippen LogP contribution in [0.5, 0.6) is 23.0 Å². The molecule has 306 valence electrons. The molecule has 8 heteroatoms. The van der Waals surface area contributed by atoms with Crippen molar-refractivity contribution in [3.8, 4) is 23.0 Å². The molecule has 0 saturated carbocycles. The molecule has 56 heavy (non-hydrogen) atoms. The van der Waals surface area contributed by atoms with Crippen LogP contribution in [0.4, 0.5) is 0 Å². The van der Waals surface area contributed by atoms with Gasteiger partial charge in [0, 0.05) is 43.0 Å². The number of carbonyl (C=O) groups is 3. The molecule has 0 aromatic heterocycles. The summed E-state index contributed by atoms with van der Waals surface area (Å²) in [4.78, 5) is 37.3. The van der Waals surface area contributed by atoms with Gasteiger partial charge in [0.15, 0.2) is 0 Å². The summed E-state index contributed by atoms with van der Waals surface area (Å²) in [6, 6.07) is 19.4. The van der Waals surface area contributed by atoms with Crippen molar-refractivity contribution in [2.75, 3.05) is 0 Å². The van der Waals surface area contributed by atoms with E-state index in [1.807, 2.05) is 30.3 Å². The molecule has 3 aromatic rings. The van der Waals surface area contributed by atoms with Crippen molar-refractivity contribution < 1.29 is 38.4 Å². The lowest BCUT2D eigenvalue weighted by molar-refractivity contribution is -0.135. The number of hydrogen-bond acceptors (Lipinski definition) is 8. The minimum Gasteiger partial charge on any atom is -0.488 e. The normalized spacial score (nSPS) is 11.7. The second kappa shape index (κ2) is 28.0. The topological polar surface area (TPSA) is 108 Å². The quantitative estimate of drug-likeness (QED) is 0.0422. The number of unbranched alkanes of at least 4 members (excludes halogenated alkanes) is 16. The van der Waals surface area contributed by atoms with Gasteiger partial charge in [-0.05, 0) is 42.7 Å². The van der Waals surface area contributed by atoms with E-state index >= 15 is 0 Å². The average molecular weight is 771 g/mol. The van der Waals surface area contributed by atoms with Gasteiger partial charge in [-0.1, -0.05) is 159 Å². The summed E-state index contributed by atoms with van der Waals surface area (Å²) < 4.78 is 22.9. The molecule has 0 radical (unpaired) electrons. The van der Waals surface area contributed by atoms with Gasteiger partial charge in [0.05, 0.1) is 0 Å². The number of esters is 3. The third kappa shape index (κ3) is 19.4. The lowest BCUT2D eigenvalue weighted by Crippen LogP contribution is -2.09. The SMILES string of the molecule is CCCCCCCCCCCC(=O)Oc1ccc(C=CC(O)c2ccc(OC(=O)CCCCCCCCCCC)cc2OCc2ccccc2)c(OC(C)=O)c1. The Morgan fingerprint density at radius 1 is 0.589 bits per heavy atom. The van der Waals surface area contributed by atoms with Crippen LogP contribution in [0.1, 0.15) is 172 Å². The monoisotopic (exact) mass is 770 g/mol. The van der Waals surface area contributed by atoms with Gasteiger partial charge in [-0.2, -0.15) is 0 Å². The number of carbonyl (C=O) groups excluding carboxylic acids is 3. The van der Waals surface area contributed by atoms with Crippen LogP contribution in [0.3, 0.4) is 0 Å². The van der Waals surface area contributed by atoms with Crippen LogP contribution in [0.25, 0.3) is 6.08 Å². The molecule has 1 atom stereocenters. The van der Waals surface area contributed by atoms with Crippen LogP contribution in [0.15, 0.2) is 72.8 Å². The fraction of sp³-hybridized carbons (Fsp3) is 0.521. The largest absolute Gasteiger partial charge is 0.488 e. The summed E-state index contributed by atoms with van der Waals surface area (Å²) in [5, 5.41) is 11.4. The van der Waals surface area contributed by atoms with E-state index in [0.717, 1.165) is 44.1 Å². The summed E-state index contributed by atoms with van der Waals surface area (Å²) in [6.07, 6.45) is 23.6. The zero-order chi connectivity index (χ0) is 40.2. The highest BCUT2D eigenvalue weighted by Crippen LogP contribution is 2.33. The van der Waals surface area contributed by atoms with Gasteiger partial charge in [0.1, 0.15) is 35.7 Å². The van der Waals surface area contributed by atoms with Crippen LogP contribution in [0.2, 0.25) is 0 Å². The molecule has 0 amide bonds. The zero-order valence-corrected chi connectivity index (χ0v) is 34.2. The smallest absolute Gasteiger partial charge is 0.311 e. The molecule has 0 aliphatic rings. The maximum Gasteiger partial charge on any atom is 0.311 e. The molecule has 1 unspecified atom stereocenters. The van der Waals surface area contributed by atoms with E-state index in [9.17, 15) is 19.5 Å². The van der Waals surface area contributed by atoms with Crippen molar-refractivity contribution >= 4 is 24.0 Å². The molecule has 0 bridgehead atoms. The van der Waals surface area contributed by atoms with E-state index in [2.05, 4.69) is 13.8 Å². The van der Waals surface area contributed by atoms with Gasteiger partial charge in [-0.25, -0.2) is 0 Å². The Labute approximate surface area is 336 Å². The van der Waals surface area contributed by atoms with Gasteiger partial charge < -0.3 is 24.1 Å². The highest BCUT2D eigenvalue weighted by molar-refractivity contribution is 5.75. The minimum absolute atomic E-state index is 0.198. The second-order valence-electron chi connectivity index (χ2n) is 14.7. The molecule has 0 aliphatic carbocycles. The van der Waals surface area contributed by atoms with Crippen molar-refractivity contribution in [2.24, 2.45) is 0 Å². The zero-order valence-electron chi connectivity index (χ0n) is 34.2. The summed E-state index contributed by atoms with van der Waals surface area (Å²) in [5.41, 5.74) is 1.91. The van der Waals surface area contributed by atoms with Crippen molar-refractivity contribution in [1.29, 1.82) is 0 Å². The predicted octanol–water partition coefficient (Wildman–Crippen LogP) is 12.6. The van der Waals surface area contributed by atoms with Gasteiger partial charge in [0.2, 0.25) is 0 Å². The first-order valence-electron chi connectivity index (χ1n) is 21.2. The lowest BCUT2D eigenvalue weighted by Gasteiger charge is -2.16. The van der Waals surface area contributed by atoms with E-state index in [0.29, 0.717) is 35.5 Å². The van der Waals surface area contributed by atoms with Crippen LogP contribution in [-0.2, 0) is 21.0 Å². The van der Waals surface area contributed by atoms with E-state index < -0.39 is 12.1 Å². The highest BCUT2D eigenvalue weighted by atomic mass is 16.5. The van der Waals surface area contributed by atoms with Crippen LogP contribution in [0, 0.1) is 0 Å². The number of hydrogen-bond donors (Lipinski definition) is 1. The Bertz CT molecular complexity index is 1600. The number of ether oxygens (including phenoxy) is 4. The van der Waals surface area contributed by atoms with Crippen LogP contribution < -0.4 is 18.9 Å². The molecular formula is C48H66O8. The van der Waals surface area contributed by atoms with E-state index in [-0.39, 0.29) is 30.0 Å². The maximum atomic E-state index is 12.7. The van der Waals surface area contributed by atoms with E-state index in [1.165, 1.54) is 90.0 Å². The lowest BCUT2D eigenvalue weighted by atomic mass is 10.1. The van der Waals surface area contributed by atoms with E-state index in [4.69, 9.17) is 18.9 Å². The molecule has 0 heterocycles. The fourth-order valence-corrected chi connectivity index (χ4v) is 6.47. The molecule has 0 aliphatic heterocycles. The summed E-state index contributed by atoms with van der Waals surface area (Å²) in [7, 11) is 0. The Balaban J connectivity index is 1.62. The number of benzene rings is 3. The van der Waals surface area contributed by atoms with Crippen molar-refractivity contribution in [3.05, 3.63) is 89.5 Å². The van der Waals surface area contributed by atoms with Gasteiger partial charge in [0.25, 0.3) is 0 Å². The van der Waals surface area contributed by atoms with Gasteiger partial charge >= 0.3 is 17.9 Å². The first kappa shape index (κ1) is 46.0. The maximum absolute atomic E-state index is 12.7. The molecule has 0 spiro atoms. The third-order valence-corrected chi connectivity index (χ3v) is 9.67. The molecule has 8 nitrogen and oxygen atoms in total. The second-order valence-corrected chi connectivity index (χ2v) is 14.7. The minimum atomic E-state index is -1.12. The first-order chi connectivity index (χ1) is 27.3. The Kier molecular flexibility index (Phi) is 23.0. The third-order valence-electron chi connectivity index (χ3n) is 9.67. The van der Waals surface area contributed by atoms with Crippen LogP contribution >= 0.6 is 0 Å². The predicted molar refractivity (Wildman–Crippen MR) is 224 cm³/mol. The standard InChI is InChI=1S/C48H66O8/c1-4-6-8-10-12-14-16-18-23-27-47(51)55-41-31-29-40(45(35-41)54-38(3)49)30-34-44(50)43-33-32-42(36-46(43)53-37-39-25-21-20-22-26-39)56-48(52)28-24-19-17-15-13-11-9-7-5-2/h20-22,25-26,29-36,44,50H,4-19,23-24,27-28,37H2,1-3H3. The van der Waals surface area contributed by atoms with Crippen LogP contribution in [-0.4, -0.2) is 23.0 Å². The van der Waals surface area contributed by atoms with Crippen molar-refractivity contribution in [3.63, 3.8) is 0 Å². The molecule has 0 fully saturated rings. The fourth-order valence-electron chi connectivity index (χ4n) is 6.47. The summed E-state index contributed by atoms with van der Waals surface area (Å²) in [6.45, 7) is 5.99. The number of rotatable bonds is 29. The average Bonchev–Trinajstić information content (AvgIpc) is 3.18. The molecule has 3 aromatic carbocycles. The Morgan fingerprint density at radius 3 is 1.59 bits per heavy atom. The Morgan fingerprint density at radius 2 is 1.07 bits per heavy atom. The van der Waals surface area contributed by atoms with Crippen molar-refractivity contribution in [2.45, 2.75) is 162 Å². The molecule has 1 N–H and O–H groups in total. The number of aliphatic hydroxyl groups is 1. The van der Waals surface area contributed by atoms with Crippen molar-refractivity contribution in [1.82, 2.24) is 0 Å². The van der Waals surface area contributed by atoms with E-state index in [1.54, 1.807) is 42.5 Å². The number of aliphatic hydroxyl groups excluding tert-OH is 1. The van der Waals surface area contributed by atoms with Gasteiger partial charge in [-0.3, -0.25) is 14.4 Å². The highest BCUT2D eigenvalue weighted by Gasteiger charge is 2.16. The summed E-state index contributed by atoms with van der Waals surface area (Å²) in [5.74, 6) is 0.0242. The molecular weight excluding hydrogens is 705 g/mol.